The van der Waals surface area contributed by atoms with Crippen molar-refractivity contribution in [1.82, 2.24) is 15.2 Å². The minimum Gasteiger partial charge on any atom is -0.497 e. The normalized spacial score (nSPS) is 16.3. The van der Waals surface area contributed by atoms with Crippen molar-refractivity contribution in [2.45, 2.75) is 12.3 Å². The van der Waals surface area contributed by atoms with Gasteiger partial charge in [0.15, 0.2) is 5.58 Å². The topological polar surface area (TPSA) is 73.2 Å². The van der Waals surface area contributed by atoms with Crippen molar-refractivity contribution in [2.75, 3.05) is 13.7 Å². The number of fused-ring (bicyclic) bond motifs is 2. The van der Waals surface area contributed by atoms with Gasteiger partial charge in [-0.2, -0.15) is 5.10 Å². The van der Waals surface area contributed by atoms with Crippen LogP contribution < -0.4 is 9.47 Å². The minimum absolute atomic E-state index is 0.0828. The average Bonchev–Trinajstić information content (AvgIpc) is 3.36. The van der Waals surface area contributed by atoms with E-state index in [2.05, 4.69) is 15.2 Å². The van der Waals surface area contributed by atoms with E-state index in [0.717, 1.165) is 45.7 Å². The van der Waals surface area contributed by atoms with Crippen LogP contribution >= 0.6 is 0 Å². The van der Waals surface area contributed by atoms with Gasteiger partial charge < -0.3 is 13.9 Å². The lowest BCUT2D eigenvalue weighted by atomic mass is 9.96. The molecule has 6 heteroatoms. The van der Waals surface area contributed by atoms with E-state index in [-0.39, 0.29) is 5.92 Å². The van der Waals surface area contributed by atoms with Gasteiger partial charge in [0.25, 0.3) is 0 Å². The van der Waals surface area contributed by atoms with Crippen LogP contribution in [0, 0.1) is 0 Å². The molecular formula is C20H17N3O3. The molecule has 0 unspecified atom stereocenters. The summed E-state index contributed by atoms with van der Waals surface area (Å²) in [6.07, 6.45) is 4.46. The molecule has 0 bridgehead atoms. The minimum atomic E-state index is 0.0828. The quantitative estimate of drug-likeness (QED) is 0.607. The van der Waals surface area contributed by atoms with Gasteiger partial charge in [-0.3, -0.25) is 5.10 Å². The molecule has 3 heterocycles. The summed E-state index contributed by atoms with van der Waals surface area (Å²) in [7, 11) is 1.67. The van der Waals surface area contributed by atoms with E-state index in [1.54, 1.807) is 13.3 Å². The van der Waals surface area contributed by atoms with Crippen LogP contribution in [-0.4, -0.2) is 28.9 Å². The Hall–Kier alpha value is -3.28. The maximum Gasteiger partial charge on any atom is 0.202 e. The highest BCUT2D eigenvalue weighted by molar-refractivity contribution is 5.80. The first-order valence-electron chi connectivity index (χ1n) is 8.49. The fourth-order valence-corrected chi connectivity index (χ4v) is 3.36. The van der Waals surface area contributed by atoms with Crippen molar-refractivity contribution in [3.63, 3.8) is 0 Å². The fourth-order valence-electron chi connectivity index (χ4n) is 3.36. The number of benzene rings is 2. The molecule has 1 aliphatic rings. The smallest absolute Gasteiger partial charge is 0.202 e. The summed E-state index contributed by atoms with van der Waals surface area (Å²) < 4.78 is 17.3. The van der Waals surface area contributed by atoms with Gasteiger partial charge in [-0.25, -0.2) is 4.98 Å². The second kappa shape index (κ2) is 5.91. The zero-order chi connectivity index (χ0) is 17.5. The molecule has 0 radical (unpaired) electrons. The molecule has 0 saturated heterocycles. The Bertz CT molecular complexity index is 1070. The van der Waals surface area contributed by atoms with Crippen molar-refractivity contribution in [1.29, 1.82) is 0 Å². The van der Waals surface area contributed by atoms with Crippen molar-refractivity contribution < 1.29 is 13.9 Å². The maximum absolute atomic E-state index is 6.06. The predicted molar refractivity (Wildman–Crippen MR) is 96.5 cm³/mol. The van der Waals surface area contributed by atoms with Crippen LogP contribution in [0.25, 0.3) is 22.2 Å². The van der Waals surface area contributed by atoms with E-state index in [0.29, 0.717) is 12.5 Å². The lowest BCUT2D eigenvalue weighted by molar-refractivity contribution is 0.243. The van der Waals surface area contributed by atoms with Crippen LogP contribution in [0.2, 0.25) is 0 Å². The number of aromatic nitrogens is 3. The van der Waals surface area contributed by atoms with Gasteiger partial charge in [-0.05, 0) is 47.9 Å². The second-order valence-electron chi connectivity index (χ2n) is 6.41. The number of H-pyrrole nitrogens is 1. The van der Waals surface area contributed by atoms with Gasteiger partial charge in [0.2, 0.25) is 5.89 Å². The molecule has 130 valence electrons. The van der Waals surface area contributed by atoms with Crippen LogP contribution in [0.5, 0.6) is 11.5 Å². The monoisotopic (exact) mass is 347 g/mol. The molecule has 0 amide bonds. The van der Waals surface area contributed by atoms with Crippen molar-refractivity contribution in [2.24, 2.45) is 0 Å². The first-order chi connectivity index (χ1) is 12.8. The molecule has 5 rings (SSSR count). The highest BCUT2D eigenvalue weighted by Crippen LogP contribution is 2.35. The Labute approximate surface area is 149 Å². The van der Waals surface area contributed by atoms with E-state index in [1.165, 1.54) is 0 Å². The summed E-state index contributed by atoms with van der Waals surface area (Å²) in [5.41, 5.74) is 4.80. The first kappa shape index (κ1) is 15.0. The van der Waals surface area contributed by atoms with E-state index >= 15 is 0 Å². The molecule has 2 aromatic carbocycles. The van der Waals surface area contributed by atoms with Gasteiger partial charge in [0, 0.05) is 11.8 Å². The molecule has 26 heavy (non-hydrogen) atoms. The number of aromatic amines is 1. The van der Waals surface area contributed by atoms with Gasteiger partial charge in [-0.1, -0.05) is 6.07 Å². The van der Waals surface area contributed by atoms with Gasteiger partial charge in [0.05, 0.1) is 19.2 Å². The largest absolute Gasteiger partial charge is 0.497 e. The SMILES string of the molecule is COc1ccc2c(c1)C[C@H](c1nc3ccc(-c4cn[nH]c4)cc3o1)CO2. The van der Waals surface area contributed by atoms with Crippen LogP contribution in [0.15, 0.2) is 53.2 Å². The zero-order valence-electron chi connectivity index (χ0n) is 14.2. The molecule has 1 N–H and O–H groups in total. The summed E-state index contributed by atoms with van der Waals surface area (Å²) in [4.78, 5) is 4.67. The average molecular weight is 347 g/mol. The summed E-state index contributed by atoms with van der Waals surface area (Å²) in [6, 6.07) is 11.9. The lowest BCUT2D eigenvalue weighted by Gasteiger charge is -2.23. The predicted octanol–water partition coefficient (Wildman–Crippen LogP) is 3.95. The molecule has 1 atom stereocenters. The molecule has 0 spiro atoms. The second-order valence-corrected chi connectivity index (χ2v) is 6.41. The highest BCUT2D eigenvalue weighted by Gasteiger charge is 2.26. The van der Waals surface area contributed by atoms with Crippen molar-refractivity contribution in [3.8, 4) is 22.6 Å². The Balaban J connectivity index is 1.47. The molecule has 1 aliphatic heterocycles. The van der Waals surface area contributed by atoms with Gasteiger partial charge >= 0.3 is 0 Å². The van der Waals surface area contributed by atoms with Gasteiger partial charge in [-0.15, -0.1) is 0 Å². The molecule has 0 saturated carbocycles. The number of nitrogens with one attached hydrogen (secondary N) is 1. The third kappa shape index (κ3) is 2.50. The first-order valence-corrected chi connectivity index (χ1v) is 8.49. The van der Waals surface area contributed by atoms with E-state index in [4.69, 9.17) is 13.9 Å². The summed E-state index contributed by atoms with van der Waals surface area (Å²) in [5.74, 6) is 2.52. The van der Waals surface area contributed by atoms with Gasteiger partial charge in [0.1, 0.15) is 23.6 Å². The molecule has 0 fully saturated rings. The molecular weight excluding hydrogens is 330 g/mol. The number of nitrogens with zero attached hydrogens (tertiary/aromatic N) is 2. The number of oxazole rings is 1. The number of rotatable bonds is 3. The summed E-state index contributed by atoms with van der Waals surface area (Å²) in [6.45, 7) is 0.556. The highest BCUT2D eigenvalue weighted by atomic mass is 16.5. The van der Waals surface area contributed by atoms with E-state index in [1.807, 2.05) is 42.6 Å². The zero-order valence-corrected chi connectivity index (χ0v) is 14.2. The Kier molecular flexibility index (Phi) is 3.41. The third-order valence-electron chi connectivity index (χ3n) is 4.76. The third-order valence-corrected chi connectivity index (χ3v) is 4.76. The van der Waals surface area contributed by atoms with Crippen LogP contribution in [0.3, 0.4) is 0 Å². The standard InChI is InChI=1S/C20H17N3O3/c1-24-16-3-5-18-13(7-16)6-14(11-25-18)20-23-17-4-2-12(8-19(17)26-20)15-9-21-22-10-15/h2-5,7-10,14H,6,11H2,1H3,(H,21,22)/t14-/m0/s1. The lowest BCUT2D eigenvalue weighted by Crippen LogP contribution is -2.19. The van der Waals surface area contributed by atoms with E-state index in [9.17, 15) is 0 Å². The Morgan fingerprint density at radius 3 is 2.96 bits per heavy atom. The number of ether oxygens (including phenoxy) is 2. The Morgan fingerprint density at radius 1 is 1.15 bits per heavy atom. The molecule has 6 nitrogen and oxygen atoms in total. The number of methoxy groups -OCH3 is 1. The van der Waals surface area contributed by atoms with Crippen LogP contribution in [0.4, 0.5) is 0 Å². The summed E-state index contributed by atoms with van der Waals surface area (Å²) >= 11 is 0. The number of hydrogen-bond acceptors (Lipinski definition) is 5. The fraction of sp³-hybridized carbons (Fsp3) is 0.200. The van der Waals surface area contributed by atoms with E-state index < -0.39 is 0 Å². The van der Waals surface area contributed by atoms with Crippen molar-refractivity contribution in [3.05, 3.63) is 60.2 Å². The van der Waals surface area contributed by atoms with Crippen molar-refractivity contribution >= 4 is 11.1 Å². The maximum atomic E-state index is 6.06. The Morgan fingerprint density at radius 2 is 2.12 bits per heavy atom. The molecule has 2 aromatic heterocycles. The van der Waals surface area contributed by atoms with Crippen LogP contribution in [-0.2, 0) is 6.42 Å². The summed E-state index contributed by atoms with van der Waals surface area (Å²) in [5, 5.41) is 6.82. The molecule has 4 aromatic rings. The molecule has 0 aliphatic carbocycles. The van der Waals surface area contributed by atoms with Crippen LogP contribution in [0.1, 0.15) is 17.4 Å². The number of hydrogen-bond donors (Lipinski definition) is 1.